The number of hydrogen-bond donors (Lipinski definition) is 1. The Balaban J connectivity index is 2.42. The van der Waals surface area contributed by atoms with Gasteiger partial charge in [0, 0.05) is 25.7 Å². The lowest BCUT2D eigenvalue weighted by Crippen LogP contribution is -2.52. The van der Waals surface area contributed by atoms with E-state index in [1.807, 2.05) is 13.0 Å². The number of nitrogens with one attached hydrogen (secondary N) is 1. The topological polar surface area (TPSA) is 73.2 Å². The van der Waals surface area contributed by atoms with Gasteiger partial charge < -0.3 is 5.32 Å². The zero-order valence-corrected chi connectivity index (χ0v) is 12.0. The van der Waals surface area contributed by atoms with Crippen LogP contribution >= 0.6 is 11.6 Å². The molecule has 0 radical (unpaired) electrons. The van der Waals surface area contributed by atoms with E-state index in [0.717, 1.165) is 0 Å². The average Bonchev–Trinajstić information content (AvgIpc) is 2.38. The van der Waals surface area contributed by atoms with Crippen LogP contribution in [0.15, 0.2) is 23.1 Å². The quantitative estimate of drug-likeness (QED) is 0.890. The van der Waals surface area contributed by atoms with Gasteiger partial charge in [0.2, 0.25) is 10.0 Å². The third-order valence-corrected chi connectivity index (χ3v) is 5.58. The Bertz CT molecular complexity index is 624. The molecule has 0 spiro atoms. The van der Waals surface area contributed by atoms with Crippen molar-refractivity contribution in [3.63, 3.8) is 0 Å². The van der Waals surface area contributed by atoms with Gasteiger partial charge in [0.05, 0.1) is 16.7 Å². The van der Waals surface area contributed by atoms with Gasteiger partial charge in [-0.1, -0.05) is 11.6 Å². The lowest BCUT2D eigenvalue weighted by molar-refractivity contribution is 0.284. The highest BCUT2D eigenvalue weighted by Gasteiger charge is 2.32. The van der Waals surface area contributed by atoms with Gasteiger partial charge in [-0.05, 0) is 25.1 Å². The van der Waals surface area contributed by atoms with E-state index in [4.69, 9.17) is 16.9 Å². The van der Waals surface area contributed by atoms with Gasteiger partial charge in [0.25, 0.3) is 0 Å². The first-order chi connectivity index (χ1) is 8.96. The molecule has 1 atom stereocenters. The summed E-state index contributed by atoms with van der Waals surface area (Å²) in [5.74, 6) is 0. The predicted octanol–water partition coefficient (Wildman–Crippen LogP) is 1.19. The summed E-state index contributed by atoms with van der Waals surface area (Å²) in [5, 5.41) is 12.0. The second-order valence-electron chi connectivity index (χ2n) is 4.43. The van der Waals surface area contributed by atoms with E-state index < -0.39 is 10.0 Å². The van der Waals surface area contributed by atoms with Gasteiger partial charge in [0.1, 0.15) is 4.90 Å². The van der Waals surface area contributed by atoms with Gasteiger partial charge in [0.15, 0.2) is 0 Å². The Labute approximate surface area is 117 Å². The summed E-state index contributed by atoms with van der Waals surface area (Å²) in [6.45, 7) is 3.51. The highest BCUT2D eigenvalue weighted by molar-refractivity contribution is 7.89. The molecular formula is C12H14ClN3O2S. The SMILES string of the molecule is C[C@@H]1CNCCN1S(=O)(=O)c1ccc(C#N)cc1Cl. The van der Waals surface area contributed by atoms with Crippen molar-refractivity contribution in [2.75, 3.05) is 19.6 Å². The summed E-state index contributed by atoms with van der Waals surface area (Å²) >= 11 is 5.99. The molecule has 19 heavy (non-hydrogen) atoms. The predicted molar refractivity (Wildman–Crippen MR) is 72.4 cm³/mol. The van der Waals surface area contributed by atoms with Crippen LogP contribution < -0.4 is 5.32 Å². The lowest BCUT2D eigenvalue weighted by atomic mass is 10.2. The van der Waals surface area contributed by atoms with Crippen LogP contribution in [0, 0.1) is 11.3 Å². The summed E-state index contributed by atoms with van der Waals surface area (Å²) in [7, 11) is -3.61. The molecule has 0 saturated carbocycles. The zero-order chi connectivity index (χ0) is 14.0. The second-order valence-corrected chi connectivity index (χ2v) is 6.69. The minimum atomic E-state index is -3.61. The van der Waals surface area contributed by atoms with E-state index in [2.05, 4.69) is 5.32 Å². The smallest absolute Gasteiger partial charge is 0.244 e. The van der Waals surface area contributed by atoms with Crippen LogP contribution in [0.25, 0.3) is 0 Å². The van der Waals surface area contributed by atoms with E-state index in [1.54, 1.807) is 0 Å². The molecule has 102 valence electrons. The number of sulfonamides is 1. The Hall–Kier alpha value is -1.13. The third-order valence-electron chi connectivity index (χ3n) is 3.09. The maximum atomic E-state index is 12.5. The van der Waals surface area contributed by atoms with Crippen LogP contribution in [-0.2, 0) is 10.0 Å². The molecule has 1 aliphatic rings. The molecule has 7 heteroatoms. The molecule has 2 rings (SSSR count). The fraction of sp³-hybridized carbons (Fsp3) is 0.417. The summed E-state index contributed by atoms with van der Waals surface area (Å²) in [4.78, 5) is 0.0573. The van der Waals surface area contributed by atoms with Crippen molar-refractivity contribution in [1.29, 1.82) is 5.26 Å². The van der Waals surface area contributed by atoms with Crippen LogP contribution in [0.4, 0.5) is 0 Å². The van der Waals surface area contributed by atoms with Crippen molar-refractivity contribution >= 4 is 21.6 Å². The average molecular weight is 300 g/mol. The summed E-state index contributed by atoms with van der Waals surface area (Å²) in [6, 6.07) is 6.05. The molecule has 1 heterocycles. The first-order valence-corrected chi connectivity index (χ1v) is 7.71. The summed E-state index contributed by atoms with van der Waals surface area (Å²) < 4.78 is 26.5. The van der Waals surface area contributed by atoms with Gasteiger partial charge in [-0.15, -0.1) is 0 Å². The first-order valence-electron chi connectivity index (χ1n) is 5.89. The molecular weight excluding hydrogens is 286 g/mol. The monoisotopic (exact) mass is 299 g/mol. The van der Waals surface area contributed by atoms with E-state index in [0.29, 0.717) is 25.2 Å². The van der Waals surface area contributed by atoms with Gasteiger partial charge in [-0.3, -0.25) is 0 Å². The van der Waals surface area contributed by atoms with Crippen molar-refractivity contribution < 1.29 is 8.42 Å². The standard InChI is InChI=1S/C12H14ClN3O2S/c1-9-8-15-4-5-16(9)19(17,18)12-3-2-10(7-14)6-11(12)13/h2-3,6,9,15H,4-5,8H2,1H3/t9-/m1/s1. The maximum Gasteiger partial charge on any atom is 0.244 e. The maximum absolute atomic E-state index is 12.5. The van der Waals surface area contributed by atoms with Crippen LogP contribution in [0.5, 0.6) is 0 Å². The molecule has 0 amide bonds. The van der Waals surface area contributed by atoms with E-state index in [9.17, 15) is 8.42 Å². The highest BCUT2D eigenvalue weighted by Crippen LogP contribution is 2.27. The van der Waals surface area contributed by atoms with E-state index >= 15 is 0 Å². The molecule has 1 N–H and O–H groups in total. The normalized spacial score (nSPS) is 21.0. The molecule has 5 nitrogen and oxygen atoms in total. The Morgan fingerprint density at radius 3 is 2.84 bits per heavy atom. The van der Waals surface area contributed by atoms with E-state index in [-0.39, 0.29) is 16.0 Å². The third kappa shape index (κ3) is 2.74. The Morgan fingerprint density at radius 1 is 1.53 bits per heavy atom. The van der Waals surface area contributed by atoms with Crippen molar-refractivity contribution in [1.82, 2.24) is 9.62 Å². The number of benzene rings is 1. The van der Waals surface area contributed by atoms with Gasteiger partial charge >= 0.3 is 0 Å². The largest absolute Gasteiger partial charge is 0.314 e. The fourth-order valence-corrected chi connectivity index (χ4v) is 4.24. The number of hydrogen-bond acceptors (Lipinski definition) is 4. The zero-order valence-electron chi connectivity index (χ0n) is 10.4. The minimum absolute atomic E-state index is 0.0573. The molecule has 1 saturated heterocycles. The van der Waals surface area contributed by atoms with Gasteiger partial charge in [-0.25, -0.2) is 8.42 Å². The van der Waals surface area contributed by atoms with Gasteiger partial charge in [-0.2, -0.15) is 9.57 Å². The highest BCUT2D eigenvalue weighted by atomic mass is 35.5. The Morgan fingerprint density at radius 2 is 2.26 bits per heavy atom. The van der Waals surface area contributed by atoms with Crippen molar-refractivity contribution in [2.45, 2.75) is 17.9 Å². The van der Waals surface area contributed by atoms with Crippen LogP contribution in [0.1, 0.15) is 12.5 Å². The van der Waals surface area contributed by atoms with E-state index in [1.165, 1.54) is 22.5 Å². The molecule has 0 aliphatic carbocycles. The molecule has 0 bridgehead atoms. The second kappa shape index (κ2) is 5.47. The number of rotatable bonds is 2. The van der Waals surface area contributed by atoms with Crippen molar-refractivity contribution in [3.05, 3.63) is 28.8 Å². The van der Waals surface area contributed by atoms with Crippen LogP contribution in [0.2, 0.25) is 5.02 Å². The fourth-order valence-electron chi connectivity index (χ4n) is 2.09. The summed E-state index contributed by atoms with van der Waals surface area (Å²) in [6.07, 6.45) is 0. The molecule has 0 unspecified atom stereocenters. The lowest BCUT2D eigenvalue weighted by Gasteiger charge is -2.33. The van der Waals surface area contributed by atoms with Crippen LogP contribution in [-0.4, -0.2) is 38.4 Å². The van der Waals surface area contributed by atoms with Crippen molar-refractivity contribution in [2.24, 2.45) is 0 Å². The molecule has 1 aliphatic heterocycles. The molecule has 1 aromatic carbocycles. The molecule has 0 aromatic heterocycles. The minimum Gasteiger partial charge on any atom is -0.314 e. The number of piperazine rings is 1. The number of halogens is 1. The molecule has 1 fully saturated rings. The Kier molecular flexibility index (Phi) is 4.11. The van der Waals surface area contributed by atoms with Crippen LogP contribution in [0.3, 0.4) is 0 Å². The number of nitrogens with zero attached hydrogens (tertiary/aromatic N) is 2. The van der Waals surface area contributed by atoms with Crippen molar-refractivity contribution in [3.8, 4) is 6.07 Å². The summed E-state index contributed by atoms with van der Waals surface area (Å²) in [5.41, 5.74) is 0.345. The number of nitriles is 1. The first kappa shape index (κ1) is 14.3. The molecule has 1 aromatic rings.